The highest BCUT2D eigenvalue weighted by atomic mass is 35.5. The summed E-state index contributed by atoms with van der Waals surface area (Å²) in [6, 6.07) is 17.0. The Labute approximate surface area is 299 Å². The number of aliphatic imine (C=N–C) groups is 1. The van der Waals surface area contributed by atoms with Crippen LogP contribution in [0.2, 0.25) is 10.0 Å². The number of hydrogen-bond acceptors (Lipinski definition) is 6. The average molecular weight is 709 g/mol. The Balaban J connectivity index is 1.65. The molecule has 0 unspecified atom stereocenters. The molecule has 2 atom stereocenters. The monoisotopic (exact) mass is 707 g/mol. The van der Waals surface area contributed by atoms with Crippen molar-refractivity contribution in [1.82, 2.24) is 20.1 Å². The van der Waals surface area contributed by atoms with Gasteiger partial charge in [-0.3, -0.25) is 19.7 Å². The lowest BCUT2D eigenvalue weighted by molar-refractivity contribution is -0.122. The second kappa shape index (κ2) is 14.7. The molecule has 3 aromatic rings. The summed E-state index contributed by atoms with van der Waals surface area (Å²) in [7, 11) is 0. The molecular weight excluding hydrogens is 661 g/mol. The molecule has 11 heteroatoms. The number of ether oxygens (including phenoxy) is 1. The van der Waals surface area contributed by atoms with Gasteiger partial charge in [-0.25, -0.2) is 4.79 Å². The SMILES string of the molecule is CCOc1cc(C(C)(C)C)ncc1C1=N[C@@](C)(c2ccc(Cl)cc2)[C@@](C)(c2ccc(Cl)cc2)N1C(=O)N1CCC(CC(=O)NCCO)CC1. The van der Waals surface area contributed by atoms with Crippen molar-refractivity contribution >= 4 is 41.0 Å². The Morgan fingerprint density at radius 3 is 2.14 bits per heavy atom. The van der Waals surface area contributed by atoms with Gasteiger partial charge in [-0.1, -0.05) is 68.2 Å². The number of benzene rings is 2. The first kappa shape index (κ1) is 36.6. The molecule has 3 heterocycles. The van der Waals surface area contributed by atoms with Crippen LogP contribution in [-0.4, -0.2) is 70.5 Å². The number of amides is 3. The fourth-order valence-electron chi connectivity index (χ4n) is 6.86. The van der Waals surface area contributed by atoms with Crippen LogP contribution in [0.25, 0.3) is 0 Å². The molecule has 3 amide bonds. The Morgan fingerprint density at radius 2 is 1.59 bits per heavy atom. The van der Waals surface area contributed by atoms with Gasteiger partial charge < -0.3 is 20.1 Å². The number of piperidine rings is 1. The Hall–Kier alpha value is -3.66. The highest BCUT2D eigenvalue weighted by Gasteiger charge is 2.60. The van der Waals surface area contributed by atoms with Gasteiger partial charge in [-0.15, -0.1) is 0 Å². The molecule has 0 spiro atoms. The van der Waals surface area contributed by atoms with Gasteiger partial charge in [-0.05, 0) is 74.9 Å². The molecule has 5 rings (SSSR count). The number of rotatable bonds is 9. The van der Waals surface area contributed by atoms with Crippen molar-refractivity contribution in [3.05, 3.63) is 93.2 Å². The van der Waals surface area contributed by atoms with E-state index in [-0.39, 0.29) is 36.4 Å². The highest BCUT2D eigenvalue weighted by Crippen LogP contribution is 2.54. The number of pyridine rings is 1. The maximum atomic E-state index is 15.1. The fourth-order valence-corrected chi connectivity index (χ4v) is 7.11. The summed E-state index contributed by atoms with van der Waals surface area (Å²) in [5, 5.41) is 13.0. The molecule has 1 aromatic heterocycles. The average Bonchev–Trinajstić information content (AvgIpc) is 3.31. The molecule has 49 heavy (non-hydrogen) atoms. The Kier molecular flexibility index (Phi) is 11.0. The number of amidine groups is 1. The molecule has 0 aliphatic carbocycles. The van der Waals surface area contributed by atoms with E-state index in [9.17, 15) is 4.79 Å². The van der Waals surface area contributed by atoms with E-state index in [2.05, 4.69) is 33.0 Å². The molecule has 0 saturated carbocycles. The van der Waals surface area contributed by atoms with Crippen LogP contribution in [0.15, 0.2) is 65.8 Å². The van der Waals surface area contributed by atoms with Crippen molar-refractivity contribution < 1.29 is 19.4 Å². The van der Waals surface area contributed by atoms with Gasteiger partial charge in [0, 0.05) is 59.5 Å². The summed E-state index contributed by atoms with van der Waals surface area (Å²) >= 11 is 12.8. The predicted octanol–water partition coefficient (Wildman–Crippen LogP) is 7.31. The summed E-state index contributed by atoms with van der Waals surface area (Å²) in [6.45, 7) is 13.9. The van der Waals surface area contributed by atoms with E-state index in [1.54, 1.807) is 6.20 Å². The number of likely N-dealkylation sites (tertiary alicyclic amines) is 1. The zero-order valence-electron chi connectivity index (χ0n) is 29.2. The third-order valence-corrected chi connectivity index (χ3v) is 10.4. The fraction of sp³-hybridized carbons (Fsp3) is 0.474. The first-order valence-electron chi connectivity index (χ1n) is 16.9. The molecule has 1 saturated heterocycles. The number of urea groups is 1. The number of aliphatic hydroxyl groups excluding tert-OH is 1. The number of carbonyl (C=O) groups excluding carboxylic acids is 2. The summed E-state index contributed by atoms with van der Waals surface area (Å²) in [5.74, 6) is 1.11. The summed E-state index contributed by atoms with van der Waals surface area (Å²) in [5.41, 5.74) is 0.975. The molecule has 2 N–H and O–H groups in total. The van der Waals surface area contributed by atoms with E-state index in [0.717, 1.165) is 16.8 Å². The van der Waals surface area contributed by atoms with Gasteiger partial charge >= 0.3 is 6.03 Å². The Bertz CT molecular complexity index is 1680. The second-order valence-electron chi connectivity index (χ2n) is 14.2. The molecule has 2 aromatic carbocycles. The van der Waals surface area contributed by atoms with Gasteiger partial charge in [0.15, 0.2) is 0 Å². The van der Waals surface area contributed by atoms with Gasteiger partial charge in [0.05, 0.1) is 18.8 Å². The standard InChI is InChI=1S/C38H47Cl2N5O4/c1-7-49-31-23-32(36(2,3)4)42-24-30(31)34-43-37(5,26-8-12-28(39)13-9-26)38(6,27-10-14-29(40)15-11-27)45(34)35(48)44-19-16-25(17-20-44)22-33(47)41-18-21-46/h8-15,23-25,46H,7,16-22H2,1-6H3,(H,41,47)/t37-,38+/m0/s1. The zero-order chi connectivity index (χ0) is 35.6. The smallest absolute Gasteiger partial charge is 0.326 e. The van der Waals surface area contributed by atoms with Crippen LogP contribution >= 0.6 is 23.2 Å². The maximum Gasteiger partial charge on any atom is 0.326 e. The zero-order valence-corrected chi connectivity index (χ0v) is 30.7. The van der Waals surface area contributed by atoms with Crippen LogP contribution in [-0.2, 0) is 21.3 Å². The predicted molar refractivity (Wildman–Crippen MR) is 194 cm³/mol. The number of hydrogen-bond donors (Lipinski definition) is 2. The van der Waals surface area contributed by atoms with Crippen LogP contribution in [0.1, 0.15) is 83.2 Å². The molecule has 0 radical (unpaired) electrons. The quantitative estimate of drug-likeness (QED) is 0.243. The number of aliphatic hydroxyl groups is 1. The molecule has 2 aliphatic rings. The number of carbonyl (C=O) groups is 2. The third kappa shape index (κ3) is 7.30. The molecule has 0 bridgehead atoms. The number of aromatic nitrogens is 1. The lowest BCUT2D eigenvalue weighted by Gasteiger charge is -2.47. The van der Waals surface area contributed by atoms with Crippen molar-refractivity contribution in [2.75, 3.05) is 32.8 Å². The van der Waals surface area contributed by atoms with Gasteiger partial charge in [0.1, 0.15) is 22.7 Å². The van der Waals surface area contributed by atoms with Crippen LogP contribution in [0.3, 0.4) is 0 Å². The number of nitrogens with one attached hydrogen (secondary N) is 1. The largest absolute Gasteiger partial charge is 0.493 e. The maximum absolute atomic E-state index is 15.1. The van der Waals surface area contributed by atoms with E-state index in [1.165, 1.54) is 0 Å². The molecule has 262 valence electrons. The van der Waals surface area contributed by atoms with E-state index in [4.69, 9.17) is 43.0 Å². The van der Waals surface area contributed by atoms with Gasteiger partial charge in [-0.2, -0.15) is 0 Å². The minimum Gasteiger partial charge on any atom is -0.493 e. The topological polar surface area (TPSA) is 107 Å². The molecule has 9 nitrogen and oxygen atoms in total. The van der Waals surface area contributed by atoms with E-state index in [1.807, 2.05) is 78.2 Å². The lowest BCUT2D eigenvalue weighted by Crippen LogP contribution is -2.59. The molecule has 1 fully saturated rings. The van der Waals surface area contributed by atoms with Crippen molar-refractivity contribution in [2.24, 2.45) is 10.9 Å². The highest BCUT2D eigenvalue weighted by molar-refractivity contribution is 6.30. The van der Waals surface area contributed by atoms with E-state index >= 15 is 4.79 Å². The number of halogens is 2. The third-order valence-electron chi connectivity index (χ3n) is 9.91. The summed E-state index contributed by atoms with van der Waals surface area (Å²) < 4.78 is 6.26. The Morgan fingerprint density at radius 1 is 1.00 bits per heavy atom. The van der Waals surface area contributed by atoms with E-state index in [0.29, 0.717) is 66.2 Å². The second-order valence-corrected chi connectivity index (χ2v) is 15.0. The summed E-state index contributed by atoms with van der Waals surface area (Å²) in [4.78, 5) is 41.6. The van der Waals surface area contributed by atoms with Crippen LogP contribution < -0.4 is 10.1 Å². The minimum absolute atomic E-state index is 0.0866. The van der Waals surface area contributed by atoms with Crippen molar-refractivity contribution in [1.29, 1.82) is 0 Å². The molecule has 2 aliphatic heterocycles. The van der Waals surface area contributed by atoms with Crippen molar-refractivity contribution in [3.8, 4) is 5.75 Å². The van der Waals surface area contributed by atoms with Gasteiger partial charge in [0.2, 0.25) is 5.91 Å². The molecular formula is C38H47Cl2N5O4. The van der Waals surface area contributed by atoms with Crippen LogP contribution in [0.4, 0.5) is 4.79 Å². The van der Waals surface area contributed by atoms with Crippen LogP contribution in [0, 0.1) is 5.92 Å². The number of nitrogens with zero attached hydrogens (tertiary/aromatic N) is 4. The minimum atomic E-state index is -1.04. The van der Waals surface area contributed by atoms with Crippen LogP contribution in [0.5, 0.6) is 5.75 Å². The van der Waals surface area contributed by atoms with Crippen molar-refractivity contribution in [3.63, 3.8) is 0 Å². The van der Waals surface area contributed by atoms with E-state index < -0.39 is 11.1 Å². The first-order valence-corrected chi connectivity index (χ1v) is 17.7. The normalized spacial score (nSPS) is 21.4. The lowest BCUT2D eigenvalue weighted by atomic mass is 9.71. The van der Waals surface area contributed by atoms with Gasteiger partial charge in [0.25, 0.3) is 0 Å². The summed E-state index contributed by atoms with van der Waals surface area (Å²) in [6.07, 6.45) is 3.49. The van der Waals surface area contributed by atoms with Crippen molar-refractivity contribution in [2.45, 2.75) is 77.3 Å². The first-order chi connectivity index (χ1) is 23.2.